The van der Waals surface area contributed by atoms with E-state index in [1.165, 1.54) is 39.0 Å². The highest BCUT2D eigenvalue weighted by Crippen LogP contribution is 2.32. The lowest BCUT2D eigenvalue weighted by Crippen LogP contribution is -2.39. The zero-order chi connectivity index (χ0) is 15.8. The zero-order valence-corrected chi connectivity index (χ0v) is 14.2. The predicted octanol–water partition coefficient (Wildman–Crippen LogP) is 4.07. The lowest BCUT2D eigenvalue weighted by molar-refractivity contribution is -0.231. The van der Waals surface area contributed by atoms with Gasteiger partial charge in [-0.25, -0.2) is 0 Å². The second kappa shape index (κ2) is 9.51. The number of carbonyl (C=O) groups excluding carboxylic acids is 1. The van der Waals surface area contributed by atoms with E-state index in [1.807, 2.05) is 0 Å². The number of unbranched alkanes of at least 4 members (excludes halogenated alkanes) is 3. The Hall–Kier alpha value is -0.610. The highest BCUT2D eigenvalue weighted by Gasteiger charge is 2.33. The van der Waals surface area contributed by atoms with Crippen molar-refractivity contribution in [3.05, 3.63) is 0 Å². The fourth-order valence-electron chi connectivity index (χ4n) is 3.57. The van der Waals surface area contributed by atoms with E-state index in [1.54, 1.807) is 0 Å². The van der Waals surface area contributed by atoms with Crippen molar-refractivity contribution >= 4 is 5.97 Å². The fraction of sp³-hybridized carbons (Fsp3) is 0.944. The molecule has 1 saturated heterocycles. The third-order valence-corrected chi connectivity index (χ3v) is 4.89. The number of hydrogen-bond donors (Lipinski definition) is 0. The van der Waals surface area contributed by atoms with Gasteiger partial charge in [-0.3, -0.25) is 4.79 Å². The Bertz CT molecular complexity index is 315. The first-order valence-corrected chi connectivity index (χ1v) is 9.09. The van der Waals surface area contributed by atoms with E-state index in [4.69, 9.17) is 14.2 Å². The summed E-state index contributed by atoms with van der Waals surface area (Å²) < 4.78 is 17.2. The molecule has 4 nitrogen and oxygen atoms in total. The van der Waals surface area contributed by atoms with E-state index in [-0.39, 0.29) is 18.4 Å². The van der Waals surface area contributed by atoms with Crippen molar-refractivity contribution in [2.24, 2.45) is 11.8 Å². The molecule has 4 heteroatoms. The van der Waals surface area contributed by atoms with Crippen molar-refractivity contribution in [2.75, 3.05) is 13.2 Å². The third kappa shape index (κ3) is 5.88. The van der Waals surface area contributed by atoms with Crippen molar-refractivity contribution in [3.8, 4) is 0 Å². The molecule has 0 unspecified atom stereocenters. The van der Waals surface area contributed by atoms with Crippen LogP contribution in [0.3, 0.4) is 0 Å². The Morgan fingerprint density at radius 1 is 1.05 bits per heavy atom. The molecule has 0 bridgehead atoms. The smallest absolute Gasteiger partial charge is 0.302 e. The summed E-state index contributed by atoms with van der Waals surface area (Å²) in [7, 11) is 0. The molecule has 0 amide bonds. The molecule has 0 radical (unpaired) electrons. The van der Waals surface area contributed by atoms with Crippen LogP contribution < -0.4 is 0 Å². The Labute approximate surface area is 134 Å². The van der Waals surface area contributed by atoms with Crippen LogP contribution in [0.2, 0.25) is 0 Å². The first-order chi connectivity index (χ1) is 10.7. The molecular formula is C18H32O4. The monoisotopic (exact) mass is 312 g/mol. The van der Waals surface area contributed by atoms with Gasteiger partial charge < -0.3 is 14.2 Å². The maximum atomic E-state index is 11.0. The summed E-state index contributed by atoms with van der Waals surface area (Å²) in [5.41, 5.74) is 0. The topological polar surface area (TPSA) is 44.8 Å². The Balaban J connectivity index is 1.60. The molecule has 128 valence electrons. The molecule has 0 aromatic carbocycles. The van der Waals surface area contributed by atoms with Gasteiger partial charge in [0.15, 0.2) is 6.29 Å². The highest BCUT2D eigenvalue weighted by atomic mass is 16.7. The van der Waals surface area contributed by atoms with Crippen molar-refractivity contribution < 1.29 is 19.0 Å². The van der Waals surface area contributed by atoms with Gasteiger partial charge in [-0.2, -0.15) is 0 Å². The summed E-state index contributed by atoms with van der Waals surface area (Å²) in [6.07, 6.45) is 10.5. The molecule has 2 aliphatic rings. The Morgan fingerprint density at radius 2 is 1.73 bits per heavy atom. The van der Waals surface area contributed by atoms with Gasteiger partial charge in [-0.05, 0) is 32.1 Å². The highest BCUT2D eigenvalue weighted by molar-refractivity contribution is 5.66. The van der Waals surface area contributed by atoms with E-state index < -0.39 is 0 Å². The van der Waals surface area contributed by atoms with Crippen LogP contribution >= 0.6 is 0 Å². The molecule has 2 fully saturated rings. The van der Waals surface area contributed by atoms with Crippen LogP contribution in [0.5, 0.6) is 0 Å². The van der Waals surface area contributed by atoms with Gasteiger partial charge in [-0.1, -0.05) is 32.6 Å². The van der Waals surface area contributed by atoms with E-state index >= 15 is 0 Å². The van der Waals surface area contributed by atoms with Gasteiger partial charge in [0.2, 0.25) is 0 Å². The van der Waals surface area contributed by atoms with E-state index in [2.05, 4.69) is 6.92 Å². The SMILES string of the molecule is CCCCCCC1COC(C2CCC(OC(C)=O)CC2)OC1. The molecule has 0 atom stereocenters. The van der Waals surface area contributed by atoms with Crippen LogP contribution in [0.4, 0.5) is 0 Å². The molecule has 1 saturated carbocycles. The third-order valence-electron chi connectivity index (χ3n) is 4.89. The minimum absolute atomic E-state index is 0.0369. The first kappa shape index (κ1) is 17.7. The Kier molecular flexibility index (Phi) is 7.67. The number of esters is 1. The number of hydrogen-bond acceptors (Lipinski definition) is 4. The Morgan fingerprint density at radius 3 is 2.32 bits per heavy atom. The fourth-order valence-corrected chi connectivity index (χ4v) is 3.57. The molecule has 0 spiro atoms. The van der Waals surface area contributed by atoms with Gasteiger partial charge in [-0.15, -0.1) is 0 Å². The quantitative estimate of drug-likeness (QED) is 0.525. The van der Waals surface area contributed by atoms with E-state index in [0.29, 0.717) is 11.8 Å². The predicted molar refractivity (Wildman–Crippen MR) is 85.5 cm³/mol. The number of rotatable bonds is 7. The van der Waals surface area contributed by atoms with Gasteiger partial charge in [0.25, 0.3) is 0 Å². The van der Waals surface area contributed by atoms with Crippen LogP contribution in [0.1, 0.15) is 71.6 Å². The lowest BCUT2D eigenvalue weighted by Gasteiger charge is -2.37. The molecule has 1 heterocycles. The van der Waals surface area contributed by atoms with Crippen LogP contribution in [0, 0.1) is 11.8 Å². The molecule has 2 rings (SSSR count). The number of carbonyl (C=O) groups is 1. The van der Waals surface area contributed by atoms with E-state index in [0.717, 1.165) is 38.9 Å². The van der Waals surface area contributed by atoms with Crippen molar-refractivity contribution in [2.45, 2.75) is 84.0 Å². The largest absolute Gasteiger partial charge is 0.463 e. The minimum atomic E-state index is -0.167. The standard InChI is InChI=1S/C18H32O4/c1-3-4-5-6-7-15-12-20-18(21-13-15)16-8-10-17(11-9-16)22-14(2)19/h15-18H,3-13H2,1-2H3. The molecule has 0 N–H and O–H groups in total. The molecule has 1 aliphatic carbocycles. The minimum Gasteiger partial charge on any atom is -0.463 e. The van der Waals surface area contributed by atoms with Crippen LogP contribution in [-0.4, -0.2) is 31.6 Å². The maximum Gasteiger partial charge on any atom is 0.302 e. The molecule has 1 aliphatic heterocycles. The second-order valence-electron chi connectivity index (χ2n) is 6.90. The van der Waals surface area contributed by atoms with Crippen LogP contribution in [-0.2, 0) is 19.0 Å². The van der Waals surface area contributed by atoms with Crippen molar-refractivity contribution in [1.82, 2.24) is 0 Å². The van der Waals surface area contributed by atoms with Crippen molar-refractivity contribution in [3.63, 3.8) is 0 Å². The number of ether oxygens (including phenoxy) is 3. The summed E-state index contributed by atoms with van der Waals surface area (Å²) in [6, 6.07) is 0. The van der Waals surface area contributed by atoms with Gasteiger partial charge >= 0.3 is 5.97 Å². The van der Waals surface area contributed by atoms with Gasteiger partial charge in [0.05, 0.1) is 13.2 Å². The van der Waals surface area contributed by atoms with Crippen LogP contribution in [0.25, 0.3) is 0 Å². The lowest BCUT2D eigenvalue weighted by atomic mass is 9.86. The summed E-state index contributed by atoms with van der Waals surface area (Å²) in [5.74, 6) is 0.873. The average molecular weight is 312 g/mol. The van der Waals surface area contributed by atoms with Crippen molar-refractivity contribution in [1.29, 1.82) is 0 Å². The summed E-state index contributed by atoms with van der Waals surface area (Å²) >= 11 is 0. The second-order valence-corrected chi connectivity index (χ2v) is 6.90. The molecule has 0 aromatic rings. The maximum absolute atomic E-state index is 11.0. The van der Waals surface area contributed by atoms with Gasteiger partial charge in [0.1, 0.15) is 6.10 Å². The summed E-state index contributed by atoms with van der Waals surface area (Å²) in [4.78, 5) is 11.0. The van der Waals surface area contributed by atoms with Gasteiger partial charge in [0, 0.05) is 18.8 Å². The first-order valence-electron chi connectivity index (χ1n) is 9.09. The molecule has 22 heavy (non-hydrogen) atoms. The van der Waals surface area contributed by atoms with Crippen LogP contribution in [0.15, 0.2) is 0 Å². The molecule has 0 aromatic heterocycles. The summed E-state index contributed by atoms with van der Waals surface area (Å²) in [6.45, 7) is 5.43. The summed E-state index contributed by atoms with van der Waals surface area (Å²) in [5, 5.41) is 0. The molecular weight excluding hydrogens is 280 g/mol. The average Bonchev–Trinajstić information content (AvgIpc) is 2.52. The van der Waals surface area contributed by atoms with E-state index in [9.17, 15) is 4.79 Å². The normalized spacial score (nSPS) is 32.6. The zero-order valence-electron chi connectivity index (χ0n) is 14.2.